The molecule has 2 unspecified atom stereocenters. The summed E-state index contributed by atoms with van der Waals surface area (Å²) in [6.45, 7) is 7.95. The van der Waals surface area contributed by atoms with E-state index in [0.717, 1.165) is 28.9 Å². The van der Waals surface area contributed by atoms with Crippen LogP contribution < -0.4 is 0 Å². The predicted molar refractivity (Wildman–Crippen MR) is 130 cm³/mol. The van der Waals surface area contributed by atoms with Crippen LogP contribution in [0.3, 0.4) is 0 Å². The molecule has 1 aliphatic rings. The lowest BCUT2D eigenvalue weighted by Gasteiger charge is -2.37. The molecule has 1 fully saturated rings. The number of hydrogen-bond acceptors (Lipinski definition) is 5. The van der Waals surface area contributed by atoms with Gasteiger partial charge in [0.15, 0.2) is 0 Å². The summed E-state index contributed by atoms with van der Waals surface area (Å²) in [7, 11) is 0. The summed E-state index contributed by atoms with van der Waals surface area (Å²) >= 11 is 0. The fraction of sp³-hybridized carbons (Fsp3) is 0.370. The monoisotopic (exact) mass is 447 g/mol. The van der Waals surface area contributed by atoms with Crippen LogP contribution in [0, 0.1) is 6.92 Å². The van der Waals surface area contributed by atoms with Crippen molar-refractivity contribution in [2.24, 2.45) is 0 Å². The highest BCUT2D eigenvalue weighted by Crippen LogP contribution is 2.29. The van der Waals surface area contributed by atoms with Crippen LogP contribution in [0.4, 0.5) is 4.79 Å². The van der Waals surface area contributed by atoms with E-state index < -0.39 is 5.60 Å². The SMILES string of the molecule is Cc1ncc(-c2ccc(C(C)N3CCC(CC(C)(C)O)OC3=O)cc2)cn1.c1ccccc1. The summed E-state index contributed by atoms with van der Waals surface area (Å²) in [6.07, 6.45) is 4.24. The first-order valence-electron chi connectivity index (χ1n) is 11.3. The zero-order valence-electron chi connectivity index (χ0n) is 19.8. The molecule has 0 spiro atoms. The largest absolute Gasteiger partial charge is 0.446 e. The van der Waals surface area contributed by atoms with E-state index in [1.165, 1.54) is 0 Å². The summed E-state index contributed by atoms with van der Waals surface area (Å²) in [5.41, 5.74) is 2.21. The zero-order chi connectivity index (χ0) is 23.8. The van der Waals surface area contributed by atoms with Crippen LogP contribution in [0.1, 0.15) is 51.0 Å². The second-order valence-corrected chi connectivity index (χ2v) is 8.98. The number of nitrogens with zero attached hydrogens (tertiary/aromatic N) is 3. The minimum Gasteiger partial charge on any atom is -0.446 e. The first kappa shape index (κ1) is 24.4. The molecule has 0 bridgehead atoms. The van der Waals surface area contributed by atoms with Crippen LogP contribution in [0.15, 0.2) is 73.1 Å². The van der Waals surface area contributed by atoms with Crippen LogP contribution in [-0.2, 0) is 4.74 Å². The molecule has 3 aromatic rings. The first-order chi connectivity index (χ1) is 15.7. The minimum atomic E-state index is -0.839. The number of rotatable bonds is 5. The third-order valence-electron chi connectivity index (χ3n) is 5.56. The molecule has 1 saturated heterocycles. The highest BCUT2D eigenvalue weighted by Gasteiger charge is 2.33. The van der Waals surface area contributed by atoms with E-state index in [9.17, 15) is 9.90 Å². The first-order valence-corrected chi connectivity index (χ1v) is 11.3. The predicted octanol–water partition coefficient (Wildman–Crippen LogP) is 5.57. The third kappa shape index (κ3) is 7.39. The molecular formula is C27H33N3O3. The summed E-state index contributed by atoms with van der Waals surface area (Å²) in [4.78, 5) is 22.6. The van der Waals surface area contributed by atoms with Crippen molar-refractivity contribution in [1.29, 1.82) is 0 Å². The van der Waals surface area contributed by atoms with Gasteiger partial charge in [-0.05, 0) is 38.8 Å². The second-order valence-electron chi connectivity index (χ2n) is 8.98. The lowest BCUT2D eigenvalue weighted by Crippen LogP contribution is -2.45. The number of benzene rings is 2. The quantitative estimate of drug-likeness (QED) is 0.553. The van der Waals surface area contributed by atoms with E-state index in [0.29, 0.717) is 13.0 Å². The molecule has 0 saturated carbocycles. The van der Waals surface area contributed by atoms with Crippen LogP contribution in [0.25, 0.3) is 11.1 Å². The van der Waals surface area contributed by atoms with Crippen molar-refractivity contribution in [3.05, 3.63) is 84.4 Å². The highest BCUT2D eigenvalue weighted by molar-refractivity contribution is 5.69. The van der Waals surface area contributed by atoms with Crippen LogP contribution in [0.2, 0.25) is 0 Å². The number of cyclic esters (lactones) is 1. The van der Waals surface area contributed by atoms with E-state index in [1.54, 1.807) is 18.7 Å². The third-order valence-corrected chi connectivity index (χ3v) is 5.56. The number of aryl methyl sites for hydroxylation is 1. The average Bonchev–Trinajstić information content (AvgIpc) is 2.80. The topological polar surface area (TPSA) is 75.6 Å². The van der Waals surface area contributed by atoms with E-state index in [2.05, 4.69) is 9.97 Å². The molecule has 4 rings (SSSR count). The maximum absolute atomic E-state index is 12.4. The lowest BCUT2D eigenvalue weighted by atomic mass is 9.97. The molecule has 33 heavy (non-hydrogen) atoms. The molecule has 1 N–H and O–H groups in total. The number of carbonyl (C=O) groups excluding carboxylic acids is 1. The molecule has 174 valence electrons. The number of aromatic nitrogens is 2. The Balaban J connectivity index is 0.000000442. The maximum Gasteiger partial charge on any atom is 0.410 e. The van der Waals surface area contributed by atoms with Gasteiger partial charge >= 0.3 is 6.09 Å². The molecule has 0 radical (unpaired) electrons. The molecule has 2 heterocycles. The van der Waals surface area contributed by atoms with E-state index in [-0.39, 0.29) is 18.2 Å². The molecule has 6 heteroatoms. The molecule has 2 atom stereocenters. The number of aliphatic hydroxyl groups is 1. The second kappa shape index (κ2) is 11.1. The highest BCUT2D eigenvalue weighted by atomic mass is 16.6. The van der Waals surface area contributed by atoms with Gasteiger partial charge in [0.2, 0.25) is 0 Å². The van der Waals surface area contributed by atoms with Gasteiger partial charge in [-0.15, -0.1) is 0 Å². The van der Waals surface area contributed by atoms with Gasteiger partial charge in [-0.1, -0.05) is 60.7 Å². The molecule has 2 aromatic carbocycles. The summed E-state index contributed by atoms with van der Waals surface area (Å²) < 4.78 is 5.53. The van der Waals surface area contributed by atoms with Crippen molar-refractivity contribution >= 4 is 6.09 Å². The Morgan fingerprint density at radius 1 is 1.03 bits per heavy atom. The van der Waals surface area contributed by atoms with Crippen molar-refractivity contribution in [2.45, 2.75) is 58.3 Å². The van der Waals surface area contributed by atoms with Gasteiger partial charge in [-0.25, -0.2) is 14.8 Å². The van der Waals surface area contributed by atoms with Crippen molar-refractivity contribution < 1.29 is 14.6 Å². The molecule has 1 aliphatic heterocycles. The van der Waals surface area contributed by atoms with Gasteiger partial charge < -0.3 is 14.7 Å². The molecule has 1 amide bonds. The smallest absolute Gasteiger partial charge is 0.410 e. The van der Waals surface area contributed by atoms with Gasteiger partial charge in [0.1, 0.15) is 11.9 Å². The Hall–Kier alpha value is -3.25. The Morgan fingerprint density at radius 2 is 1.58 bits per heavy atom. The van der Waals surface area contributed by atoms with Crippen LogP contribution in [0.5, 0.6) is 0 Å². The van der Waals surface area contributed by atoms with Gasteiger partial charge in [0.25, 0.3) is 0 Å². The van der Waals surface area contributed by atoms with E-state index >= 15 is 0 Å². The zero-order valence-corrected chi connectivity index (χ0v) is 19.8. The normalized spacial score (nSPS) is 16.9. The fourth-order valence-electron chi connectivity index (χ4n) is 3.76. The fourth-order valence-corrected chi connectivity index (χ4v) is 3.76. The summed E-state index contributed by atoms with van der Waals surface area (Å²) in [5, 5.41) is 9.93. The standard InChI is InChI=1S/C21H27N3O3.C6H6/c1-14(24-10-9-19(27-20(24)25)11-21(3,4)26)16-5-7-17(8-6-16)18-12-22-15(2)23-13-18;1-2-4-6-5-3-1/h5-8,12-14,19,26H,9-11H2,1-4H3;1-6H. The number of ether oxygens (including phenoxy) is 1. The van der Waals surface area contributed by atoms with Gasteiger partial charge in [-0.2, -0.15) is 0 Å². The number of hydrogen-bond donors (Lipinski definition) is 1. The van der Waals surface area contributed by atoms with Crippen molar-refractivity contribution in [3.63, 3.8) is 0 Å². The van der Waals surface area contributed by atoms with Gasteiger partial charge in [0.05, 0.1) is 11.6 Å². The average molecular weight is 448 g/mol. The molecule has 0 aliphatic carbocycles. The number of amides is 1. The Bertz CT molecular complexity index is 973. The van der Waals surface area contributed by atoms with Gasteiger partial charge in [0, 0.05) is 37.3 Å². The molecular weight excluding hydrogens is 414 g/mol. The summed E-state index contributed by atoms with van der Waals surface area (Å²) in [6, 6.07) is 20.0. The van der Waals surface area contributed by atoms with Gasteiger partial charge in [-0.3, -0.25) is 0 Å². The van der Waals surface area contributed by atoms with Crippen molar-refractivity contribution in [2.75, 3.05) is 6.54 Å². The van der Waals surface area contributed by atoms with E-state index in [1.807, 2.05) is 86.9 Å². The molecule has 6 nitrogen and oxygen atoms in total. The minimum absolute atomic E-state index is 0.0797. The Kier molecular flexibility index (Phi) is 8.17. The lowest BCUT2D eigenvalue weighted by molar-refractivity contribution is -0.0309. The van der Waals surface area contributed by atoms with Crippen molar-refractivity contribution in [3.8, 4) is 11.1 Å². The Labute approximate surface area is 196 Å². The number of carbonyl (C=O) groups is 1. The maximum atomic E-state index is 12.4. The van der Waals surface area contributed by atoms with Crippen LogP contribution >= 0.6 is 0 Å². The van der Waals surface area contributed by atoms with E-state index in [4.69, 9.17) is 4.74 Å². The van der Waals surface area contributed by atoms with Crippen molar-refractivity contribution in [1.82, 2.24) is 14.9 Å². The van der Waals surface area contributed by atoms with Crippen LogP contribution in [-0.4, -0.2) is 44.3 Å². The summed E-state index contributed by atoms with van der Waals surface area (Å²) in [5.74, 6) is 0.746. The Morgan fingerprint density at radius 3 is 2.06 bits per heavy atom. The molecule has 1 aromatic heterocycles.